The Morgan fingerprint density at radius 2 is 2.13 bits per heavy atom. The van der Waals surface area contributed by atoms with Gasteiger partial charge < -0.3 is 10.6 Å². The maximum atomic E-state index is 3.49. The average Bonchev–Trinajstić information content (AvgIpc) is 2.74. The van der Waals surface area contributed by atoms with E-state index in [9.17, 15) is 0 Å². The lowest BCUT2D eigenvalue weighted by atomic mass is 9.89. The number of nitrogens with one attached hydrogen (secondary N) is 2. The lowest BCUT2D eigenvalue weighted by Gasteiger charge is -2.19. The van der Waals surface area contributed by atoms with Crippen molar-refractivity contribution < 1.29 is 0 Å². The third-order valence-corrected chi connectivity index (χ3v) is 3.38. The van der Waals surface area contributed by atoms with Crippen LogP contribution < -0.4 is 10.6 Å². The summed E-state index contributed by atoms with van der Waals surface area (Å²) in [6, 6.07) is 8.67. The standard InChI is InChI=1S/C13H16N2/c1-2-4-13-11(3-1)12(9-15-13)10-5-7-14-8-6-10/h1-5,12,14-15H,6-9H2. The van der Waals surface area contributed by atoms with E-state index in [0.717, 1.165) is 19.6 Å². The minimum atomic E-state index is 0.614. The summed E-state index contributed by atoms with van der Waals surface area (Å²) in [6.45, 7) is 3.24. The number of hydrogen-bond acceptors (Lipinski definition) is 2. The molecule has 1 atom stereocenters. The van der Waals surface area contributed by atoms with Crippen molar-refractivity contribution in [1.82, 2.24) is 5.32 Å². The van der Waals surface area contributed by atoms with Gasteiger partial charge in [0.25, 0.3) is 0 Å². The van der Waals surface area contributed by atoms with Crippen LogP contribution >= 0.6 is 0 Å². The van der Waals surface area contributed by atoms with Gasteiger partial charge in [-0.05, 0) is 24.6 Å². The van der Waals surface area contributed by atoms with Gasteiger partial charge in [0.1, 0.15) is 0 Å². The minimum Gasteiger partial charge on any atom is -0.384 e. The van der Waals surface area contributed by atoms with E-state index in [0.29, 0.717) is 5.92 Å². The van der Waals surface area contributed by atoms with Gasteiger partial charge in [-0.15, -0.1) is 0 Å². The predicted octanol–water partition coefficient (Wildman–Crippen LogP) is 2.12. The highest BCUT2D eigenvalue weighted by Gasteiger charge is 2.25. The Kier molecular flexibility index (Phi) is 2.22. The normalized spacial score (nSPS) is 24.3. The molecule has 2 aliphatic heterocycles. The highest BCUT2D eigenvalue weighted by atomic mass is 14.9. The van der Waals surface area contributed by atoms with Crippen molar-refractivity contribution in [3.8, 4) is 0 Å². The predicted molar refractivity (Wildman–Crippen MR) is 63.2 cm³/mol. The Balaban J connectivity index is 1.93. The lowest BCUT2D eigenvalue weighted by molar-refractivity contribution is 0.662. The average molecular weight is 200 g/mol. The van der Waals surface area contributed by atoms with E-state index in [2.05, 4.69) is 41.0 Å². The van der Waals surface area contributed by atoms with Crippen LogP contribution in [0.4, 0.5) is 5.69 Å². The van der Waals surface area contributed by atoms with Gasteiger partial charge in [-0.1, -0.05) is 29.8 Å². The van der Waals surface area contributed by atoms with Crippen molar-refractivity contribution in [2.75, 3.05) is 25.0 Å². The molecule has 1 unspecified atom stereocenters. The quantitative estimate of drug-likeness (QED) is 0.678. The summed E-state index contributed by atoms with van der Waals surface area (Å²) in [5, 5.41) is 6.85. The van der Waals surface area contributed by atoms with Crippen molar-refractivity contribution in [1.29, 1.82) is 0 Å². The molecule has 1 aromatic carbocycles. The van der Waals surface area contributed by atoms with Crippen LogP contribution in [0.3, 0.4) is 0 Å². The fourth-order valence-corrected chi connectivity index (χ4v) is 2.57. The Morgan fingerprint density at radius 3 is 3.00 bits per heavy atom. The highest BCUT2D eigenvalue weighted by Crippen LogP contribution is 2.37. The summed E-state index contributed by atoms with van der Waals surface area (Å²) in [4.78, 5) is 0. The van der Waals surface area contributed by atoms with Crippen LogP contribution in [0, 0.1) is 0 Å². The fourth-order valence-electron chi connectivity index (χ4n) is 2.57. The fraction of sp³-hybridized carbons (Fsp3) is 0.385. The molecule has 15 heavy (non-hydrogen) atoms. The molecule has 2 heterocycles. The van der Waals surface area contributed by atoms with Gasteiger partial charge in [0.15, 0.2) is 0 Å². The Bertz CT molecular complexity index is 395. The molecule has 2 nitrogen and oxygen atoms in total. The van der Waals surface area contributed by atoms with E-state index in [4.69, 9.17) is 0 Å². The molecule has 2 aliphatic rings. The van der Waals surface area contributed by atoms with Crippen molar-refractivity contribution in [3.05, 3.63) is 41.5 Å². The molecule has 0 fully saturated rings. The molecular weight excluding hydrogens is 184 g/mol. The summed E-state index contributed by atoms with van der Waals surface area (Å²) in [6.07, 6.45) is 3.55. The first-order valence-electron chi connectivity index (χ1n) is 5.67. The number of para-hydroxylation sites is 1. The topological polar surface area (TPSA) is 24.1 Å². The molecule has 2 heteroatoms. The number of rotatable bonds is 1. The molecule has 78 valence electrons. The van der Waals surface area contributed by atoms with Crippen LogP contribution in [0.1, 0.15) is 17.9 Å². The number of benzene rings is 1. The zero-order chi connectivity index (χ0) is 10.1. The lowest BCUT2D eigenvalue weighted by Crippen LogP contribution is -2.23. The maximum absolute atomic E-state index is 3.49. The number of hydrogen-bond donors (Lipinski definition) is 2. The first kappa shape index (κ1) is 8.98. The number of anilines is 1. The summed E-state index contributed by atoms with van der Waals surface area (Å²) in [7, 11) is 0. The number of fused-ring (bicyclic) bond motifs is 1. The molecule has 0 radical (unpaired) electrons. The molecule has 0 spiro atoms. The van der Waals surface area contributed by atoms with Gasteiger partial charge in [0.05, 0.1) is 0 Å². The second-order valence-electron chi connectivity index (χ2n) is 4.25. The second-order valence-corrected chi connectivity index (χ2v) is 4.25. The zero-order valence-electron chi connectivity index (χ0n) is 8.79. The van der Waals surface area contributed by atoms with Gasteiger partial charge in [0.2, 0.25) is 0 Å². The Hall–Kier alpha value is -1.28. The second kappa shape index (κ2) is 3.70. The van der Waals surface area contributed by atoms with Crippen LogP contribution in [-0.2, 0) is 0 Å². The van der Waals surface area contributed by atoms with Crippen LogP contribution in [0.2, 0.25) is 0 Å². The van der Waals surface area contributed by atoms with Gasteiger partial charge in [0, 0.05) is 24.7 Å². The van der Waals surface area contributed by atoms with Crippen LogP contribution in [0.5, 0.6) is 0 Å². The SMILES string of the molecule is C1=C(C2CNc3ccccc32)CCNC1. The first-order chi connectivity index (χ1) is 7.45. The third kappa shape index (κ3) is 1.55. The third-order valence-electron chi connectivity index (χ3n) is 3.38. The molecule has 1 aromatic rings. The van der Waals surface area contributed by atoms with E-state index in [-0.39, 0.29) is 0 Å². The van der Waals surface area contributed by atoms with E-state index in [1.54, 1.807) is 5.57 Å². The molecule has 0 amide bonds. The summed E-state index contributed by atoms with van der Waals surface area (Å²) in [5.74, 6) is 0.614. The zero-order valence-corrected chi connectivity index (χ0v) is 8.79. The van der Waals surface area contributed by atoms with Crippen molar-refractivity contribution in [2.24, 2.45) is 0 Å². The molecule has 0 aliphatic carbocycles. The first-order valence-corrected chi connectivity index (χ1v) is 5.67. The van der Waals surface area contributed by atoms with Crippen molar-refractivity contribution in [3.63, 3.8) is 0 Å². The summed E-state index contributed by atoms with van der Waals surface area (Å²) >= 11 is 0. The Labute approximate surface area is 90.4 Å². The van der Waals surface area contributed by atoms with E-state index < -0.39 is 0 Å². The molecule has 2 N–H and O–H groups in total. The van der Waals surface area contributed by atoms with Crippen LogP contribution in [0.25, 0.3) is 0 Å². The molecule has 0 aromatic heterocycles. The summed E-state index contributed by atoms with van der Waals surface area (Å²) in [5.41, 5.74) is 4.40. The molecular formula is C13H16N2. The van der Waals surface area contributed by atoms with E-state index in [1.807, 2.05) is 0 Å². The van der Waals surface area contributed by atoms with Gasteiger partial charge in [-0.3, -0.25) is 0 Å². The maximum Gasteiger partial charge on any atom is 0.0379 e. The van der Waals surface area contributed by atoms with Gasteiger partial charge in [-0.2, -0.15) is 0 Å². The van der Waals surface area contributed by atoms with Gasteiger partial charge >= 0.3 is 0 Å². The smallest absolute Gasteiger partial charge is 0.0379 e. The highest BCUT2D eigenvalue weighted by molar-refractivity contribution is 5.60. The van der Waals surface area contributed by atoms with Gasteiger partial charge in [-0.25, -0.2) is 0 Å². The molecule has 3 rings (SSSR count). The van der Waals surface area contributed by atoms with Crippen LogP contribution in [0.15, 0.2) is 35.9 Å². The van der Waals surface area contributed by atoms with Crippen LogP contribution in [-0.4, -0.2) is 19.6 Å². The van der Waals surface area contributed by atoms with Crippen molar-refractivity contribution in [2.45, 2.75) is 12.3 Å². The van der Waals surface area contributed by atoms with E-state index in [1.165, 1.54) is 17.7 Å². The molecule has 0 saturated heterocycles. The Morgan fingerprint density at radius 1 is 1.20 bits per heavy atom. The minimum absolute atomic E-state index is 0.614. The van der Waals surface area contributed by atoms with Crippen molar-refractivity contribution >= 4 is 5.69 Å². The monoisotopic (exact) mass is 200 g/mol. The molecule has 0 bridgehead atoms. The largest absolute Gasteiger partial charge is 0.384 e. The van der Waals surface area contributed by atoms with E-state index >= 15 is 0 Å². The summed E-state index contributed by atoms with van der Waals surface area (Å²) < 4.78 is 0. The molecule has 0 saturated carbocycles.